The van der Waals surface area contributed by atoms with Gasteiger partial charge in [-0.25, -0.2) is 0 Å². The summed E-state index contributed by atoms with van der Waals surface area (Å²) in [5.41, 5.74) is 0.678. The van der Waals surface area contributed by atoms with Crippen molar-refractivity contribution in [2.45, 2.75) is 57.2 Å². The molecular weight excluding hydrogens is 483 g/mol. The number of halogens is 3. The maximum Gasteiger partial charge on any atom is 0.416 e. The van der Waals surface area contributed by atoms with E-state index in [4.69, 9.17) is 5.11 Å². The number of carboxylic acid groups (broad SMARTS) is 1. The summed E-state index contributed by atoms with van der Waals surface area (Å²) in [5.74, 6) is 0.297. The predicted octanol–water partition coefficient (Wildman–Crippen LogP) is 5.81. The molecule has 2 aromatic rings. The van der Waals surface area contributed by atoms with Crippen LogP contribution in [0.3, 0.4) is 0 Å². The summed E-state index contributed by atoms with van der Waals surface area (Å²) in [6.45, 7) is 0. The summed E-state index contributed by atoms with van der Waals surface area (Å²) in [7, 11) is 0. The fourth-order valence-electron chi connectivity index (χ4n) is 5.32. The SMILES string of the molecule is N#CN=C(Nc1cc(/C(=C\CCCC(=O)O)c2cccnc2)cc(C(F)(F)F)c1)NC1CC2CCC1C2. The Labute approximate surface area is 213 Å². The first-order valence-electron chi connectivity index (χ1n) is 12.3. The number of hydrogen-bond acceptors (Lipinski definition) is 4. The number of guanidine groups is 1. The molecule has 1 aromatic heterocycles. The zero-order chi connectivity index (χ0) is 26.4. The predicted molar refractivity (Wildman–Crippen MR) is 133 cm³/mol. The lowest BCUT2D eigenvalue weighted by molar-refractivity contribution is -0.138. The van der Waals surface area contributed by atoms with Crippen molar-refractivity contribution in [3.8, 4) is 6.19 Å². The standard InChI is InChI=1S/C27H28F3N5O2/c28-27(29,30)21-12-20(23(5-1-2-6-25(36)37)19-4-3-9-32-15-19)13-22(14-21)34-26(33-16-31)35-24-11-17-7-8-18(24)10-17/h3-5,9,12-15,17-18,24H,1-2,6-8,10-11H2,(H,36,37)(H2,33,34,35)/b23-5-. The summed E-state index contributed by atoms with van der Waals surface area (Å²) >= 11 is 0. The molecular formula is C27H28F3N5O2. The third kappa shape index (κ3) is 6.88. The average molecular weight is 512 g/mol. The number of nitrogens with zero attached hydrogens (tertiary/aromatic N) is 3. The van der Waals surface area contributed by atoms with E-state index in [9.17, 15) is 23.2 Å². The summed E-state index contributed by atoms with van der Waals surface area (Å²) in [4.78, 5) is 18.8. The maximum absolute atomic E-state index is 13.9. The van der Waals surface area contributed by atoms with Crippen LogP contribution in [0.2, 0.25) is 0 Å². The third-order valence-corrected chi connectivity index (χ3v) is 6.97. The number of alkyl halides is 3. The second-order valence-corrected chi connectivity index (χ2v) is 9.55. The Balaban J connectivity index is 1.67. The number of rotatable bonds is 8. The first kappa shape index (κ1) is 26.2. The van der Waals surface area contributed by atoms with E-state index in [1.165, 1.54) is 6.42 Å². The van der Waals surface area contributed by atoms with Crippen LogP contribution in [0.5, 0.6) is 0 Å². The summed E-state index contributed by atoms with van der Waals surface area (Å²) in [5, 5.41) is 24.3. The van der Waals surface area contributed by atoms with Gasteiger partial charge in [-0.05, 0) is 79.3 Å². The van der Waals surface area contributed by atoms with Crippen LogP contribution in [-0.4, -0.2) is 28.1 Å². The topological polar surface area (TPSA) is 110 Å². The van der Waals surface area contributed by atoms with Crippen molar-refractivity contribution >= 4 is 23.2 Å². The van der Waals surface area contributed by atoms with Crippen molar-refractivity contribution in [2.75, 3.05) is 5.32 Å². The van der Waals surface area contributed by atoms with Crippen molar-refractivity contribution < 1.29 is 23.1 Å². The lowest BCUT2D eigenvalue weighted by Crippen LogP contribution is -2.42. The van der Waals surface area contributed by atoms with Gasteiger partial charge >= 0.3 is 12.1 Å². The van der Waals surface area contributed by atoms with Crippen molar-refractivity contribution in [1.82, 2.24) is 10.3 Å². The molecule has 3 atom stereocenters. The number of aliphatic imine (C=N–C) groups is 1. The van der Waals surface area contributed by atoms with E-state index in [1.807, 2.05) is 0 Å². The maximum atomic E-state index is 13.9. The fraction of sp³-hybridized carbons (Fsp3) is 0.407. The Hall–Kier alpha value is -3.87. The van der Waals surface area contributed by atoms with E-state index in [0.717, 1.165) is 31.4 Å². The normalized spacial score (nSPS) is 21.5. The summed E-state index contributed by atoms with van der Waals surface area (Å²) in [6, 6.07) is 7.17. The van der Waals surface area contributed by atoms with Crippen LogP contribution in [-0.2, 0) is 11.0 Å². The Morgan fingerprint density at radius 1 is 1.24 bits per heavy atom. The van der Waals surface area contributed by atoms with Gasteiger partial charge in [-0.15, -0.1) is 4.99 Å². The van der Waals surface area contributed by atoms with E-state index in [1.54, 1.807) is 42.9 Å². The highest BCUT2D eigenvalue weighted by atomic mass is 19.4. The number of aromatic nitrogens is 1. The molecule has 7 nitrogen and oxygen atoms in total. The Morgan fingerprint density at radius 2 is 2.08 bits per heavy atom. The first-order chi connectivity index (χ1) is 17.7. The van der Waals surface area contributed by atoms with Gasteiger partial charge in [0.1, 0.15) is 0 Å². The smallest absolute Gasteiger partial charge is 0.416 e. The van der Waals surface area contributed by atoms with E-state index >= 15 is 0 Å². The van der Waals surface area contributed by atoms with Crippen LogP contribution in [0.15, 0.2) is 53.8 Å². The van der Waals surface area contributed by atoms with Gasteiger partial charge < -0.3 is 15.7 Å². The van der Waals surface area contributed by atoms with Gasteiger partial charge in [0, 0.05) is 36.1 Å². The van der Waals surface area contributed by atoms with Crippen molar-refractivity contribution in [1.29, 1.82) is 5.26 Å². The monoisotopic (exact) mass is 511 g/mol. The van der Waals surface area contributed by atoms with Crippen molar-refractivity contribution in [3.63, 3.8) is 0 Å². The summed E-state index contributed by atoms with van der Waals surface area (Å²) in [6.07, 6.45) is 6.98. The van der Waals surface area contributed by atoms with Crippen LogP contribution in [0, 0.1) is 23.3 Å². The molecule has 0 radical (unpaired) electrons. The van der Waals surface area contributed by atoms with E-state index in [-0.39, 0.29) is 29.7 Å². The molecule has 3 unspecified atom stereocenters. The van der Waals surface area contributed by atoms with Crippen LogP contribution in [0.1, 0.15) is 61.6 Å². The molecule has 2 aliphatic rings. The van der Waals surface area contributed by atoms with Gasteiger partial charge in [-0.3, -0.25) is 9.78 Å². The highest BCUT2D eigenvalue weighted by Crippen LogP contribution is 2.44. The van der Waals surface area contributed by atoms with Gasteiger partial charge in [0.2, 0.25) is 12.2 Å². The van der Waals surface area contributed by atoms with Gasteiger partial charge in [0.05, 0.1) is 5.56 Å². The Bertz CT molecular complexity index is 1220. The Morgan fingerprint density at radius 3 is 2.70 bits per heavy atom. The van der Waals surface area contributed by atoms with Gasteiger partial charge in [0.25, 0.3) is 0 Å². The summed E-state index contributed by atoms with van der Waals surface area (Å²) < 4.78 is 41.7. The average Bonchev–Trinajstić information content (AvgIpc) is 3.47. The fourth-order valence-corrected chi connectivity index (χ4v) is 5.32. The second-order valence-electron chi connectivity index (χ2n) is 9.55. The minimum absolute atomic E-state index is 0.0467. The van der Waals surface area contributed by atoms with Crippen molar-refractivity contribution in [2.24, 2.45) is 16.8 Å². The van der Waals surface area contributed by atoms with Crippen molar-refractivity contribution in [3.05, 3.63) is 65.5 Å². The molecule has 10 heteroatoms. The number of fused-ring (bicyclic) bond motifs is 2. The van der Waals surface area contributed by atoms with E-state index < -0.39 is 17.7 Å². The number of hydrogen-bond donors (Lipinski definition) is 3. The molecule has 2 saturated carbocycles. The number of benzene rings is 1. The molecule has 0 spiro atoms. The van der Waals surface area contributed by atoms with Crippen LogP contribution < -0.4 is 10.6 Å². The second kappa shape index (κ2) is 11.5. The molecule has 1 heterocycles. The molecule has 0 aliphatic heterocycles. The molecule has 2 bridgehead atoms. The molecule has 3 N–H and O–H groups in total. The van der Waals surface area contributed by atoms with Crippen LogP contribution >= 0.6 is 0 Å². The molecule has 2 aliphatic carbocycles. The number of carboxylic acids is 1. The largest absolute Gasteiger partial charge is 0.481 e. The number of unbranched alkanes of at least 4 members (excludes halogenated alkanes) is 1. The zero-order valence-electron chi connectivity index (χ0n) is 20.1. The molecule has 0 amide bonds. The molecule has 194 valence electrons. The number of allylic oxidation sites excluding steroid dienone is 1. The van der Waals surface area contributed by atoms with Gasteiger partial charge in [0.15, 0.2) is 0 Å². The number of pyridine rings is 1. The molecule has 0 saturated heterocycles. The lowest BCUT2D eigenvalue weighted by atomic mass is 9.95. The molecule has 37 heavy (non-hydrogen) atoms. The quantitative estimate of drug-likeness (QED) is 0.178. The number of carbonyl (C=O) groups is 1. The van der Waals surface area contributed by atoms with Crippen LogP contribution in [0.4, 0.5) is 18.9 Å². The number of anilines is 1. The zero-order valence-corrected chi connectivity index (χ0v) is 20.1. The molecule has 2 fully saturated rings. The number of nitrogens with one attached hydrogen (secondary N) is 2. The molecule has 1 aromatic carbocycles. The highest BCUT2D eigenvalue weighted by Gasteiger charge is 2.40. The van der Waals surface area contributed by atoms with Gasteiger partial charge in [-0.1, -0.05) is 18.6 Å². The number of nitriles is 1. The molecule has 4 rings (SSSR count). The number of aliphatic carboxylic acids is 1. The minimum Gasteiger partial charge on any atom is -0.481 e. The minimum atomic E-state index is -4.61. The lowest BCUT2D eigenvalue weighted by Gasteiger charge is -2.25. The highest BCUT2D eigenvalue weighted by molar-refractivity contribution is 5.95. The third-order valence-electron chi connectivity index (χ3n) is 6.97. The van der Waals surface area contributed by atoms with Gasteiger partial charge in [-0.2, -0.15) is 18.4 Å². The first-order valence-corrected chi connectivity index (χ1v) is 12.3. The van der Waals surface area contributed by atoms with E-state index in [0.29, 0.717) is 35.8 Å². The van der Waals surface area contributed by atoms with Crippen LogP contribution in [0.25, 0.3) is 5.57 Å². The van der Waals surface area contributed by atoms with E-state index in [2.05, 4.69) is 20.6 Å². The Kier molecular flexibility index (Phi) is 8.11.